The fourth-order valence-corrected chi connectivity index (χ4v) is 4.57. The summed E-state index contributed by atoms with van der Waals surface area (Å²) in [6.07, 6.45) is 29.0. The maximum atomic E-state index is 10.4. The van der Waals surface area contributed by atoms with Crippen molar-refractivity contribution in [2.45, 2.75) is 180 Å². The molecular weight excluding hydrogens is 412 g/mol. The molecule has 0 radical (unpaired) electrons. The average molecular weight is 471 g/mol. The molecule has 3 N–H and O–H groups in total. The second-order valence-electron chi connectivity index (χ2n) is 10.3. The van der Waals surface area contributed by atoms with Crippen LogP contribution < -0.4 is 0 Å². The maximum Gasteiger partial charge on any atom is 0.303 e. The highest BCUT2D eigenvalue weighted by molar-refractivity contribution is 5.66. The number of aliphatic hydroxyl groups excluding tert-OH is 2. The molecule has 4 nitrogen and oxygen atoms in total. The van der Waals surface area contributed by atoms with E-state index in [0.717, 1.165) is 44.9 Å². The van der Waals surface area contributed by atoms with Gasteiger partial charge in [-0.25, -0.2) is 0 Å². The van der Waals surface area contributed by atoms with E-state index < -0.39 is 5.97 Å². The highest BCUT2D eigenvalue weighted by atomic mass is 16.4. The van der Waals surface area contributed by atoms with E-state index in [4.69, 9.17) is 5.11 Å². The standard InChI is InChI=1S/C29H58O4/c1-2-27(30)25-26-28(31)23-21-19-17-15-13-11-9-7-5-3-4-6-8-10-12-14-16-18-20-22-24-29(32)33/h27-28,30-31H,2-26H2,1H3,(H,32,33). The number of rotatable bonds is 27. The predicted octanol–water partition coefficient (Wildman–Crippen LogP) is 8.57. The second-order valence-corrected chi connectivity index (χ2v) is 10.3. The lowest BCUT2D eigenvalue weighted by molar-refractivity contribution is -0.137. The summed E-state index contributed by atoms with van der Waals surface area (Å²) in [5, 5.41) is 28.1. The first kappa shape index (κ1) is 32.4. The summed E-state index contributed by atoms with van der Waals surface area (Å²) < 4.78 is 0. The van der Waals surface area contributed by atoms with Crippen LogP contribution >= 0.6 is 0 Å². The third-order valence-electron chi connectivity index (χ3n) is 6.98. The van der Waals surface area contributed by atoms with Crippen LogP contribution in [0.25, 0.3) is 0 Å². The van der Waals surface area contributed by atoms with E-state index in [2.05, 4.69) is 0 Å². The Morgan fingerprint density at radius 2 is 0.788 bits per heavy atom. The summed E-state index contributed by atoms with van der Waals surface area (Å²) in [6.45, 7) is 1.99. The summed E-state index contributed by atoms with van der Waals surface area (Å²) in [5.74, 6) is -0.661. The lowest BCUT2D eigenvalue weighted by Crippen LogP contribution is -2.12. The summed E-state index contributed by atoms with van der Waals surface area (Å²) in [5.41, 5.74) is 0. The van der Waals surface area contributed by atoms with Gasteiger partial charge in [-0.1, -0.05) is 129 Å². The van der Waals surface area contributed by atoms with Crippen molar-refractivity contribution in [3.05, 3.63) is 0 Å². The largest absolute Gasteiger partial charge is 0.481 e. The molecule has 0 amide bonds. The molecule has 33 heavy (non-hydrogen) atoms. The zero-order valence-electron chi connectivity index (χ0n) is 22.1. The van der Waals surface area contributed by atoms with Crippen LogP contribution in [0.4, 0.5) is 0 Å². The fourth-order valence-electron chi connectivity index (χ4n) is 4.57. The Balaban J connectivity index is 3.11. The average Bonchev–Trinajstić information content (AvgIpc) is 2.80. The molecule has 0 aliphatic heterocycles. The van der Waals surface area contributed by atoms with Crippen molar-refractivity contribution < 1.29 is 20.1 Å². The van der Waals surface area contributed by atoms with Gasteiger partial charge >= 0.3 is 5.97 Å². The zero-order chi connectivity index (χ0) is 24.4. The van der Waals surface area contributed by atoms with Gasteiger partial charge in [0.1, 0.15) is 0 Å². The highest BCUT2D eigenvalue weighted by Gasteiger charge is 2.07. The fraction of sp³-hybridized carbons (Fsp3) is 0.966. The molecule has 0 aromatic rings. The molecule has 0 aromatic carbocycles. The van der Waals surface area contributed by atoms with Gasteiger partial charge in [0.25, 0.3) is 0 Å². The number of hydrogen-bond donors (Lipinski definition) is 3. The molecule has 0 bridgehead atoms. The number of carbonyl (C=O) groups is 1. The van der Waals surface area contributed by atoms with Crippen molar-refractivity contribution in [3.8, 4) is 0 Å². The number of unbranched alkanes of at least 4 members (excludes halogenated alkanes) is 19. The molecule has 0 saturated heterocycles. The van der Waals surface area contributed by atoms with E-state index in [9.17, 15) is 15.0 Å². The molecule has 0 aromatic heterocycles. The van der Waals surface area contributed by atoms with Crippen LogP contribution in [0.5, 0.6) is 0 Å². The van der Waals surface area contributed by atoms with Crippen LogP contribution in [0.3, 0.4) is 0 Å². The molecule has 0 heterocycles. The van der Waals surface area contributed by atoms with Crippen LogP contribution in [0.15, 0.2) is 0 Å². The maximum absolute atomic E-state index is 10.4. The summed E-state index contributed by atoms with van der Waals surface area (Å²) in [4.78, 5) is 10.4. The minimum atomic E-state index is -0.661. The first-order chi connectivity index (χ1) is 16.1. The molecule has 0 saturated carbocycles. The molecule has 2 unspecified atom stereocenters. The van der Waals surface area contributed by atoms with E-state index in [1.54, 1.807) is 0 Å². The molecule has 198 valence electrons. The van der Waals surface area contributed by atoms with Crippen molar-refractivity contribution in [1.82, 2.24) is 0 Å². The van der Waals surface area contributed by atoms with Crippen LogP contribution in [0.1, 0.15) is 167 Å². The monoisotopic (exact) mass is 470 g/mol. The van der Waals surface area contributed by atoms with Gasteiger partial charge in [-0.05, 0) is 32.1 Å². The smallest absolute Gasteiger partial charge is 0.303 e. The first-order valence-electron chi connectivity index (χ1n) is 14.6. The van der Waals surface area contributed by atoms with Crippen LogP contribution in [0.2, 0.25) is 0 Å². The minimum absolute atomic E-state index is 0.223. The summed E-state index contributed by atoms with van der Waals surface area (Å²) >= 11 is 0. The van der Waals surface area contributed by atoms with Gasteiger partial charge in [0, 0.05) is 6.42 Å². The van der Waals surface area contributed by atoms with Crippen molar-refractivity contribution in [2.24, 2.45) is 0 Å². The van der Waals surface area contributed by atoms with E-state index in [1.165, 1.54) is 109 Å². The van der Waals surface area contributed by atoms with Crippen molar-refractivity contribution in [2.75, 3.05) is 0 Å². The molecule has 0 aliphatic rings. The van der Waals surface area contributed by atoms with Crippen LogP contribution in [-0.2, 0) is 4.79 Å². The Morgan fingerprint density at radius 3 is 1.12 bits per heavy atom. The molecule has 2 atom stereocenters. The third kappa shape index (κ3) is 27.5. The Bertz CT molecular complexity index is 399. The second kappa shape index (κ2) is 26.0. The lowest BCUT2D eigenvalue weighted by atomic mass is 10.0. The first-order valence-corrected chi connectivity index (χ1v) is 14.6. The van der Waals surface area contributed by atoms with Gasteiger partial charge in [0.2, 0.25) is 0 Å². The lowest BCUT2D eigenvalue weighted by Gasteiger charge is -2.12. The summed E-state index contributed by atoms with van der Waals surface area (Å²) in [6, 6.07) is 0. The van der Waals surface area contributed by atoms with E-state index >= 15 is 0 Å². The number of aliphatic hydroxyl groups is 2. The topological polar surface area (TPSA) is 77.8 Å². The highest BCUT2D eigenvalue weighted by Crippen LogP contribution is 2.16. The molecule has 0 rings (SSSR count). The van der Waals surface area contributed by atoms with E-state index in [1.807, 2.05) is 6.92 Å². The van der Waals surface area contributed by atoms with Crippen LogP contribution in [-0.4, -0.2) is 33.5 Å². The number of aliphatic carboxylic acids is 1. The van der Waals surface area contributed by atoms with Gasteiger partial charge in [-0.2, -0.15) is 0 Å². The minimum Gasteiger partial charge on any atom is -0.481 e. The van der Waals surface area contributed by atoms with Gasteiger partial charge in [-0.15, -0.1) is 0 Å². The Hall–Kier alpha value is -0.610. The number of carboxylic acids is 1. The Labute approximate surface area is 206 Å². The normalized spacial score (nSPS) is 13.3. The van der Waals surface area contributed by atoms with E-state index in [0.29, 0.717) is 6.42 Å². The zero-order valence-corrected chi connectivity index (χ0v) is 22.1. The van der Waals surface area contributed by atoms with Crippen molar-refractivity contribution in [3.63, 3.8) is 0 Å². The molecule has 0 spiro atoms. The summed E-state index contributed by atoms with van der Waals surface area (Å²) in [7, 11) is 0. The molecule has 4 heteroatoms. The quantitative estimate of drug-likeness (QED) is 0.105. The van der Waals surface area contributed by atoms with Crippen LogP contribution in [0, 0.1) is 0 Å². The van der Waals surface area contributed by atoms with Gasteiger partial charge in [0.15, 0.2) is 0 Å². The van der Waals surface area contributed by atoms with Gasteiger partial charge in [0.05, 0.1) is 12.2 Å². The van der Waals surface area contributed by atoms with E-state index in [-0.39, 0.29) is 12.2 Å². The Kier molecular flexibility index (Phi) is 25.5. The third-order valence-corrected chi connectivity index (χ3v) is 6.98. The van der Waals surface area contributed by atoms with Gasteiger partial charge < -0.3 is 15.3 Å². The number of carboxylic acid groups (broad SMARTS) is 1. The van der Waals surface area contributed by atoms with Gasteiger partial charge in [-0.3, -0.25) is 4.79 Å². The molecular formula is C29H58O4. The van der Waals surface area contributed by atoms with Crippen molar-refractivity contribution in [1.29, 1.82) is 0 Å². The Morgan fingerprint density at radius 1 is 0.485 bits per heavy atom. The molecule has 0 aliphatic carbocycles. The van der Waals surface area contributed by atoms with Crippen molar-refractivity contribution >= 4 is 5.97 Å². The molecule has 0 fully saturated rings. The number of hydrogen-bond acceptors (Lipinski definition) is 3. The SMILES string of the molecule is CCC(O)CCC(O)CCCCCCCCCCCCCCCCCCCCCCC(=O)O. The predicted molar refractivity (Wildman–Crippen MR) is 141 cm³/mol.